The van der Waals surface area contributed by atoms with Gasteiger partial charge < -0.3 is 10.2 Å². The molecule has 1 aliphatic heterocycles. The summed E-state index contributed by atoms with van der Waals surface area (Å²) in [6, 6.07) is -0.889. The molecule has 2 amide bonds. The molecule has 4 nitrogen and oxygen atoms in total. The first kappa shape index (κ1) is 14.6. The lowest BCUT2D eigenvalue weighted by atomic mass is 9.91. The smallest absolute Gasteiger partial charge is 0.246 e. The van der Waals surface area contributed by atoms with Gasteiger partial charge >= 0.3 is 0 Å². The van der Waals surface area contributed by atoms with E-state index in [9.17, 15) is 9.59 Å². The van der Waals surface area contributed by atoms with E-state index in [1.54, 1.807) is 4.90 Å². The molecule has 0 aliphatic carbocycles. The van der Waals surface area contributed by atoms with Crippen molar-refractivity contribution in [1.82, 2.24) is 10.2 Å². The number of amides is 2. The Hall–Kier alpha value is -1.50. The lowest BCUT2D eigenvalue weighted by Crippen LogP contribution is -2.66. The first-order valence-corrected chi connectivity index (χ1v) is 6.48. The Labute approximate surface area is 109 Å². The average Bonchev–Trinajstić information content (AvgIpc) is 2.32. The van der Waals surface area contributed by atoms with Gasteiger partial charge in [-0.2, -0.15) is 0 Å². The number of terminal acetylenes is 1. The highest BCUT2D eigenvalue weighted by atomic mass is 16.2. The molecule has 0 aromatic rings. The fourth-order valence-corrected chi connectivity index (χ4v) is 2.32. The summed E-state index contributed by atoms with van der Waals surface area (Å²) in [7, 11) is 0. The van der Waals surface area contributed by atoms with E-state index in [-0.39, 0.29) is 30.2 Å². The summed E-state index contributed by atoms with van der Waals surface area (Å²) in [5, 5.41) is 2.84. The van der Waals surface area contributed by atoms with Gasteiger partial charge in [-0.3, -0.25) is 9.59 Å². The van der Waals surface area contributed by atoms with E-state index in [1.807, 2.05) is 27.7 Å². The number of carbonyl (C=O) groups is 2. The van der Waals surface area contributed by atoms with Gasteiger partial charge in [-0.05, 0) is 11.8 Å². The second-order valence-corrected chi connectivity index (χ2v) is 5.23. The lowest BCUT2D eigenvalue weighted by Gasteiger charge is -2.41. The number of nitrogens with zero attached hydrogens (tertiary/aromatic N) is 1. The molecule has 3 unspecified atom stereocenters. The summed E-state index contributed by atoms with van der Waals surface area (Å²) in [5.74, 6) is 2.50. The summed E-state index contributed by atoms with van der Waals surface area (Å²) in [5.41, 5.74) is 0. The normalized spacial score (nSPS) is 25.9. The Bertz CT molecular complexity index is 370. The molecule has 1 fully saturated rings. The molecule has 100 valence electrons. The Morgan fingerprint density at radius 1 is 1.39 bits per heavy atom. The molecule has 0 aromatic heterocycles. The monoisotopic (exact) mass is 250 g/mol. The number of piperazine rings is 1. The van der Waals surface area contributed by atoms with Crippen molar-refractivity contribution < 1.29 is 9.59 Å². The van der Waals surface area contributed by atoms with E-state index >= 15 is 0 Å². The van der Waals surface area contributed by atoms with Crippen LogP contribution in [0.4, 0.5) is 0 Å². The molecular weight excluding hydrogens is 228 g/mol. The standard InChI is InChI=1S/C14H22N2O2/c1-6-8-16-12(9(3)4)13(17)15-11(14(16)18)10(5)7-2/h1,9-12H,7-8H2,2-5H3,(H,15,17). The fourth-order valence-electron chi connectivity index (χ4n) is 2.32. The first-order valence-electron chi connectivity index (χ1n) is 6.48. The van der Waals surface area contributed by atoms with Gasteiger partial charge in [0.1, 0.15) is 12.1 Å². The maximum absolute atomic E-state index is 12.4. The Balaban J connectivity index is 3.01. The first-order chi connectivity index (χ1) is 8.43. The van der Waals surface area contributed by atoms with Crippen molar-refractivity contribution in [3.05, 3.63) is 0 Å². The van der Waals surface area contributed by atoms with Crippen molar-refractivity contribution in [2.75, 3.05) is 6.54 Å². The maximum atomic E-state index is 12.4. The van der Waals surface area contributed by atoms with Gasteiger partial charge in [-0.25, -0.2) is 0 Å². The SMILES string of the molecule is C#CCN1C(=O)C(C(C)CC)NC(=O)C1C(C)C. The predicted molar refractivity (Wildman–Crippen MR) is 70.6 cm³/mol. The Morgan fingerprint density at radius 2 is 2.00 bits per heavy atom. The largest absolute Gasteiger partial charge is 0.342 e. The van der Waals surface area contributed by atoms with Crippen LogP contribution in [0.3, 0.4) is 0 Å². The van der Waals surface area contributed by atoms with Crippen LogP contribution in [-0.4, -0.2) is 35.3 Å². The van der Waals surface area contributed by atoms with Crippen LogP contribution in [0.1, 0.15) is 34.1 Å². The molecule has 1 rings (SSSR count). The molecule has 1 aliphatic rings. The van der Waals surface area contributed by atoms with Crippen molar-refractivity contribution in [1.29, 1.82) is 0 Å². The quantitative estimate of drug-likeness (QED) is 0.757. The van der Waals surface area contributed by atoms with Gasteiger partial charge in [0.05, 0.1) is 6.54 Å². The van der Waals surface area contributed by atoms with Gasteiger partial charge in [0, 0.05) is 0 Å². The number of carbonyl (C=O) groups excluding carboxylic acids is 2. The fraction of sp³-hybridized carbons (Fsp3) is 0.714. The number of hydrogen-bond acceptors (Lipinski definition) is 2. The summed E-state index contributed by atoms with van der Waals surface area (Å²) in [6.45, 7) is 8.01. The second-order valence-electron chi connectivity index (χ2n) is 5.23. The number of nitrogens with one attached hydrogen (secondary N) is 1. The van der Waals surface area contributed by atoms with Gasteiger partial charge in [0.15, 0.2) is 0 Å². The second kappa shape index (κ2) is 5.90. The maximum Gasteiger partial charge on any atom is 0.246 e. The molecule has 18 heavy (non-hydrogen) atoms. The molecule has 1 heterocycles. The summed E-state index contributed by atoms with van der Waals surface area (Å²) in [4.78, 5) is 26.1. The van der Waals surface area contributed by atoms with Crippen LogP contribution >= 0.6 is 0 Å². The van der Waals surface area contributed by atoms with Crippen LogP contribution in [0.5, 0.6) is 0 Å². The number of rotatable bonds is 4. The van der Waals surface area contributed by atoms with Gasteiger partial charge in [-0.15, -0.1) is 6.42 Å². The lowest BCUT2D eigenvalue weighted by molar-refractivity contribution is -0.151. The van der Waals surface area contributed by atoms with E-state index < -0.39 is 12.1 Å². The zero-order chi connectivity index (χ0) is 13.9. The van der Waals surface area contributed by atoms with Crippen LogP contribution in [0.2, 0.25) is 0 Å². The van der Waals surface area contributed by atoms with Crippen LogP contribution in [0, 0.1) is 24.2 Å². The minimum atomic E-state index is -0.450. The molecule has 0 bridgehead atoms. The number of hydrogen-bond donors (Lipinski definition) is 1. The molecule has 1 N–H and O–H groups in total. The average molecular weight is 250 g/mol. The van der Waals surface area contributed by atoms with E-state index in [4.69, 9.17) is 6.42 Å². The third kappa shape index (κ3) is 2.66. The van der Waals surface area contributed by atoms with Crippen molar-refractivity contribution in [3.8, 4) is 12.3 Å². The summed E-state index contributed by atoms with van der Waals surface area (Å²) < 4.78 is 0. The zero-order valence-electron chi connectivity index (χ0n) is 11.6. The summed E-state index contributed by atoms with van der Waals surface area (Å²) in [6.07, 6.45) is 6.15. The van der Waals surface area contributed by atoms with Crippen molar-refractivity contribution >= 4 is 11.8 Å². The van der Waals surface area contributed by atoms with E-state index in [1.165, 1.54) is 0 Å². The van der Waals surface area contributed by atoms with E-state index in [0.29, 0.717) is 0 Å². The van der Waals surface area contributed by atoms with Gasteiger partial charge in [0.25, 0.3) is 0 Å². The highest BCUT2D eigenvalue weighted by Gasteiger charge is 2.42. The third-order valence-electron chi connectivity index (χ3n) is 3.56. The van der Waals surface area contributed by atoms with Crippen LogP contribution in [0.15, 0.2) is 0 Å². The van der Waals surface area contributed by atoms with Crippen molar-refractivity contribution in [2.24, 2.45) is 11.8 Å². The van der Waals surface area contributed by atoms with Gasteiger partial charge in [-0.1, -0.05) is 40.0 Å². The van der Waals surface area contributed by atoms with Gasteiger partial charge in [0.2, 0.25) is 11.8 Å². The molecule has 0 saturated carbocycles. The topological polar surface area (TPSA) is 49.4 Å². The molecular formula is C14H22N2O2. The molecule has 0 spiro atoms. The highest BCUT2D eigenvalue weighted by molar-refractivity contribution is 5.97. The Kier molecular flexibility index (Phi) is 4.77. The van der Waals surface area contributed by atoms with E-state index in [2.05, 4.69) is 11.2 Å². The van der Waals surface area contributed by atoms with Crippen molar-refractivity contribution in [3.63, 3.8) is 0 Å². The van der Waals surface area contributed by atoms with Crippen LogP contribution in [-0.2, 0) is 9.59 Å². The predicted octanol–water partition coefficient (Wildman–Crippen LogP) is 1.02. The minimum absolute atomic E-state index is 0.0550. The van der Waals surface area contributed by atoms with Crippen LogP contribution in [0.25, 0.3) is 0 Å². The minimum Gasteiger partial charge on any atom is -0.342 e. The molecule has 0 aromatic carbocycles. The summed E-state index contributed by atoms with van der Waals surface area (Å²) >= 11 is 0. The molecule has 4 heteroatoms. The van der Waals surface area contributed by atoms with E-state index in [0.717, 1.165) is 6.42 Å². The van der Waals surface area contributed by atoms with Crippen LogP contribution < -0.4 is 5.32 Å². The molecule has 1 saturated heterocycles. The highest BCUT2D eigenvalue weighted by Crippen LogP contribution is 2.21. The van der Waals surface area contributed by atoms with Crippen molar-refractivity contribution in [2.45, 2.75) is 46.2 Å². The zero-order valence-corrected chi connectivity index (χ0v) is 11.6. The molecule has 0 radical (unpaired) electrons. The Morgan fingerprint density at radius 3 is 2.44 bits per heavy atom. The molecule has 3 atom stereocenters. The third-order valence-corrected chi connectivity index (χ3v) is 3.56.